The molecule has 0 amide bonds. The molecule has 1 aliphatic heterocycles. The number of carbonyl (C=O) groups is 1. The third-order valence-corrected chi connectivity index (χ3v) is 7.61. The Morgan fingerprint density at radius 1 is 0.971 bits per heavy atom. The zero-order chi connectivity index (χ0) is 24.5. The summed E-state index contributed by atoms with van der Waals surface area (Å²) in [7, 11) is 0. The summed E-state index contributed by atoms with van der Waals surface area (Å²) in [6.45, 7) is 8.53. The first-order valence-electron chi connectivity index (χ1n) is 12.2. The Balaban J connectivity index is 1.58. The number of benzene rings is 3. The van der Waals surface area contributed by atoms with Crippen molar-refractivity contribution in [2.24, 2.45) is 5.41 Å². The Kier molecular flexibility index (Phi) is 4.79. The largest absolute Gasteiger partial charge is 0.373 e. The predicted molar refractivity (Wildman–Crippen MR) is 140 cm³/mol. The number of nitrogens with one attached hydrogen (secondary N) is 1. The summed E-state index contributed by atoms with van der Waals surface area (Å²) >= 11 is 0. The second-order valence-electron chi connectivity index (χ2n) is 10.8. The van der Waals surface area contributed by atoms with Crippen molar-refractivity contribution in [3.05, 3.63) is 101 Å². The van der Waals surface area contributed by atoms with E-state index in [-0.39, 0.29) is 23.1 Å². The van der Waals surface area contributed by atoms with E-state index in [9.17, 15) is 9.18 Å². The van der Waals surface area contributed by atoms with Gasteiger partial charge in [-0.05, 0) is 78.4 Å². The van der Waals surface area contributed by atoms with Crippen molar-refractivity contribution in [2.45, 2.75) is 46.6 Å². The van der Waals surface area contributed by atoms with Gasteiger partial charge in [0, 0.05) is 45.9 Å². The first-order valence-corrected chi connectivity index (χ1v) is 12.2. The van der Waals surface area contributed by atoms with Crippen LogP contribution in [0.5, 0.6) is 0 Å². The molecule has 176 valence electrons. The summed E-state index contributed by atoms with van der Waals surface area (Å²) < 4.78 is 15.7. The van der Waals surface area contributed by atoms with Crippen LogP contribution in [-0.2, 0) is 4.79 Å². The number of ketones is 1. The molecule has 2 heterocycles. The average Bonchev–Trinajstić information content (AvgIpc) is 3.11. The van der Waals surface area contributed by atoms with E-state index in [4.69, 9.17) is 0 Å². The molecule has 1 unspecified atom stereocenters. The van der Waals surface area contributed by atoms with Gasteiger partial charge in [-0.15, -0.1) is 0 Å². The molecule has 1 N–H and O–H groups in total. The maximum atomic E-state index is 13.7. The molecule has 4 aromatic rings. The van der Waals surface area contributed by atoms with E-state index in [1.165, 1.54) is 34.0 Å². The lowest BCUT2D eigenvalue weighted by atomic mass is 9.68. The zero-order valence-electron chi connectivity index (χ0n) is 20.6. The van der Waals surface area contributed by atoms with Crippen LogP contribution in [0.4, 0.5) is 10.1 Å². The number of allylic oxidation sites excluding steroid dienone is 1. The molecule has 3 aromatic carbocycles. The summed E-state index contributed by atoms with van der Waals surface area (Å²) in [6, 6.07) is 21.2. The summed E-state index contributed by atoms with van der Waals surface area (Å²) in [4.78, 5) is 13.7. The Bertz CT molecular complexity index is 1540. The van der Waals surface area contributed by atoms with Crippen LogP contribution in [0.15, 0.2) is 72.3 Å². The second kappa shape index (κ2) is 7.67. The molecule has 35 heavy (non-hydrogen) atoms. The maximum absolute atomic E-state index is 13.7. The van der Waals surface area contributed by atoms with E-state index in [2.05, 4.69) is 80.0 Å². The molecule has 0 fully saturated rings. The topological polar surface area (TPSA) is 34.0 Å². The van der Waals surface area contributed by atoms with Gasteiger partial charge in [0.15, 0.2) is 5.78 Å². The number of anilines is 1. The Morgan fingerprint density at radius 3 is 2.49 bits per heavy atom. The van der Waals surface area contributed by atoms with Gasteiger partial charge in [-0.2, -0.15) is 0 Å². The third-order valence-electron chi connectivity index (χ3n) is 7.61. The lowest BCUT2D eigenvalue weighted by molar-refractivity contribution is -0.118. The normalized spacial score (nSPS) is 18.9. The minimum Gasteiger partial charge on any atom is -0.373 e. The van der Waals surface area contributed by atoms with Crippen LogP contribution < -0.4 is 5.32 Å². The molecule has 4 heteroatoms. The van der Waals surface area contributed by atoms with Crippen LogP contribution in [0.1, 0.15) is 55.2 Å². The van der Waals surface area contributed by atoms with Gasteiger partial charge in [0.05, 0.1) is 6.04 Å². The molecule has 0 radical (unpaired) electrons. The molecule has 6 rings (SSSR count). The van der Waals surface area contributed by atoms with Crippen molar-refractivity contribution in [1.29, 1.82) is 0 Å². The highest BCUT2D eigenvalue weighted by Gasteiger charge is 2.41. The number of Topliss-reactive ketones (excluding diaryl/α,β-unsaturated/α-hetero) is 1. The van der Waals surface area contributed by atoms with E-state index >= 15 is 0 Å². The number of halogens is 1. The zero-order valence-corrected chi connectivity index (χ0v) is 20.6. The smallest absolute Gasteiger partial charge is 0.162 e. The first-order chi connectivity index (χ1) is 16.7. The van der Waals surface area contributed by atoms with Crippen LogP contribution in [0.3, 0.4) is 0 Å². The highest BCUT2D eigenvalue weighted by atomic mass is 19.1. The summed E-state index contributed by atoms with van der Waals surface area (Å²) in [5.41, 5.74) is 8.35. The van der Waals surface area contributed by atoms with Crippen LogP contribution in [0.25, 0.3) is 22.0 Å². The Hall–Kier alpha value is -3.66. The van der Waals surface area contributed by atoms with Crippen molar-refractivity contribution in [3.63, 3.8) is 0 Å². The van der Waals surface area contributed by atoms with Crippen LogP contribution in [0.2, 0.25) is 0 Å². The van der Waals surface area contributed by atoms with Gasteiger partial charge in [-0.25, -0.2) is 4.39 Å². The van der Waals surface area contributed by atoms with E-state index < -0.39 is 0 Å². The quantitative estimate of drug-likeness (QED) is 0.330. The van der Waals surface area contributed by atoms with Crippen LogP contribution >= 0.6 is 0 Å². The van der Waals surface area contributed by atoms with E-state index in [1.54, 1.807) is 12.1 Å². The number of aromatic nitrogens is 1. The van der Waals surface area contributed by atoms with E-state index in [0.717, 1.165) is 40.3 Å². The number of hydrogen-bond donors (Lipinski definition) is 1. The molecule has 0 saturated carbocycles. The second-order valence-corrected chi connectivity index (χ2v) is 10.8. The molecule has 0 spiro atoms. The fraction of sp³-hybridized carbons (Fsp3) is 0.258. The molecular weight excluding hydrogens is 435 g/mol. The molecule has 0 bridgehead atoms. The standard InChI is InChI=1S/C31H29FN2O/c1-18-15-24(19(2)34(18)22-12-10-21(32)11-13-22)30-29-25(16-31(3,4)17-27(29)35)28-23-8-6-5-7-20(23)9-14-26(28)33-30/h5-15,30,33H,16-17H2,1-4H3. The van der Waals surface area contributed by atoms with Gasteiger partial charge in [-0.1, -0.05) is 44.2 Å². The van der Waals surface area contributed by atoms with Crippen molar-refractivity contribution >= 4 is 27.8 Å². The monoisotopic (exact) mass is 464 g/mol. The van der Waals surface area contributed by atoms with Crippen molar-refractivity contribution in [2.75, 3.05) is 5.32 Å². The number of rotatable bonds is 2. The molecule has 1 atom stereocenters. The SMILES string of the molecule is Cc1cc(C2Nc3ccc4ccccc4c3C3=C2C(=O)CC(C)(C)C3)c(C)n1-c1ccc(F)cc1. The summed E-state index contributed by atoms with van der Waals surface area (Å²) in [5, 5.41) is 6.12. The van der Waals surface area contributed by atoms with Crippen molar-refractivity contribution in [1.82, 2.24) is 4.57 Å². The van der Waals surface area contributed by atoms with E-state index in [0.29, 0.717) is 6.42 Å². The molecule has 1 aliphatic carbocycles. The number of hydrogen-bond acceptors (Lipinski definition) is 2. The van der Waals surface area contributed by atoms with E-state index in [1.807, 2.05) is 0 Å². The minimum absolute atomic E-state index is 0.0863. The lowest BCUT2D eigenvalue weighted by Crippen LogP contribution is -2.33. The number of nitrogens with zero attached hydrogens (tertiary/aromatic N) is 1. The number of aryl methyl sites for hydroxylation is 1. The van der Waals surface area contributed by atoms with Gasteiger partial charge < -0.3 is 9.88 Å². The number of carbonyl (C=O) groups excluding carboxylic acids is 1. The summed E-state index contributed by atoms with van der Waals surface area (Å²) in [5.74, 6) is -0.0293. The van der Waals surface area contributed by atoms with Crippen molar-refractivity contribution in [3.8, 4) is 5.69 Å². The molecular formula is C31H29FN2O. The fourth-order valence-electron chi connectivity index (χ4n) is 6.14. The van der Waals surface area contributed by atoms with Gasteiger partial charge in [-0.3, -0.25) is 4.79 Å². The maximum Gasteiger partial charge on any atom is 0.162 e. The van der Waals surface area contributed by atoms with Crippen molar-refractivity contribution < 1.29 is 9.18 Å². The molecule has 3 nitrogen and oxygen atoms in total. The third kappa shape index (κ3) is 3.43. The van der Waals surface area contributed by atoms with Gasteiger partial charge in [0.2, 0.25) is 0 Å². The van der Waals surface area contributed by atoms with Crippen LogP contribution in [0, 0.1) is 25.1 Å². The van der Waals surface area contributed by atoms with Gasteiger partial charge in [0.1, 0.15) is 5.82 Å². The van der Waals surface area contributed by atoms with Gasteiger partial charge in [0.25, 0.3) is 0 Å². The molecule has 2 aliphatic rings. The predicted octanol–water partition coefficient (Wildman–Crippen LogP) is 7.70. The highest BCUT2D eigenvalue weighted by molar-refractivity contribution is 6.12. The minimum atomic E-state index is -0.251. The van der Waals surface area contributed by atoms with Crippen LogP contribution in [-0.4, -0.2) is 10.4 Å². The fourth-order valence-corrected chi connectivity index (χ4v) is 6.14. The summed E-state index contributed by atoms with van der Waals surface area (Å²) in [6.07, 6.45) is 1.41. The average molecular weight is 465 g/mol. The van der Waals surface area contributed by atoms with Gasteiger partial charge >= 0.3 is 0 Å². The Morgan fingerprint density at radius 2 is 1.71 bits per heavy atom. The number of fused-ring (bicyclic) bond motifs is 4. The lowest BCUT2D eigenvalue weighted by Gasteiger charge is -2.40. The highest BCUT2D eigenvalue weighted by Crippen LogP contribution is 2.52. The molecule has 1 aromatic heterocycles. The Labute approximate surface area is 205 Å². The molecule has 0 saturated heterocycles. The first kappa shape index (κ1) is 21.8.